The fraction of sp³-hybridized carbons (Fsp3) is 0.714. The molecular weight excluding hydrogens is 310 g/mol. The van der Waals surface area contributed by atoms with Gasteiger partial charge in [0.2, 0.25) is 0 Å². The summed E-state index contributed by atoms with van der Waals surface area (Å²) in [5.74, 6) is 0.850. The Morgan fingerprint density at radius 1 is 1.12 bits per heavy atom. The molecule has 140 valence electrons. The molecule has 4 heteroatoms. The Labute approximate surface area is 153 Å². The van der Waals surface area contributed by atoms with E-state index in [2.05, 4.69) is 59.3 Å². The number of aliphatic hydroxyl groups excluding tert-OH is 1. The van der Waals surface area contributed by atoms with E-state index in [9.17, 15) is 5.11 Å². The smallest absolute Gasteiger partial charge is 0.0791 e. The van der Waals surface area contributed by atoms with Gasteiger partial charge in [-0.3, -0.25) is 4.90 Å². The van der Waals surface area contributed by atoms with Gasteiger partial charge in [-0.2, -0.15) is 0 Å². The molecule has 0 bridgehead atoms. The standard InChI is InChI=1S/C21H35N3O/c1-17-8-11-23(12-9-17)16-21(25)14-22-20-10-13-24(15-20)18(2)19-6-4-3-5-7-19/h3-7,17-18,20-22,25H,8-16H2,1-2H3. The maximum atomic E-state index is 10.4. The summed E-state index contributed by atoms with van der Waals surface area (Å²) >= 11 is 0. The van der Waals surface area contributed by atoms with Crippen molar-refractivity contribution in [3.05, 3.63) is 35.9 Å². The minimum Gasteiger partial charge on any atom is -0.390 e. The third kappa shape index (κ3) is 5.52. The van der Waals surface area contributed by atoms with Crippen molar-refractivity contribution in [1.29, 1.82) is 0 Å². The van der Waals surface area contributed by atoms with Crippen LogP contribution in [0.4, 0.5) is 0 Å². The van der Waals surface area contributed by atoms with Crippen molar-refractivity contribution >= 4 is 0 Å². The van der Waals surface area contributed by atoms with Gasteiger partial charge >= 0.3 is 0 Å². The topological polar surface area (TPSA) is 38.7 Å². The van der Waals surface area contributed by atoms with Crippen LogP contribution in [-0.2, 0) is 0 Å². The van der Waals surface area contributed by atoms with Crippen LogP contribution in [0.25, 0.3) is 0 Å². The molecule has 2 fully saturated rings. The van der Waals surface area contributed by atoms with Crippen molar-refractivity contribution in [2.45, 2.75) is 51.3 Å². The lowest BCUT2D eigenvalue weighted by atomic mass is 9.99. The van der Waals surface area contributed by atoms with Gasteiger partial charge in [0.05, 0.1) is 6.10 Å². The second kappa shape index (κ2) is 9.13. The Morgan fingerprint density at radius 3 is 2.56 bits per heavy atom. The van der Waals surface area contributed by atoms with E-state index in [4.69, 9.17) is 0 Å². The van der Waals surface area contributed by atoms with E-state index in [-0.39, 0.29) is 6.10 Å². The lowest BCUT2D eigenvalue weighted by molar-refractivity contribution is 0.0888. The van der Waals surface area contributed by atoms with E-state index < -0.39 is 0 Å². The zero-order valence-electron chi connectivity index (χ0n) is 15.9. The van der Waals surface area contributed by atoms with Crippen LogP contribution in [0.3, 0.4) is 0 Å². The monoisotopic (exact) mass is 345 g/mol. The van der Waals surface area contributed by atoms with E-state index >= 15 is 0 Å². The lowest BCUT2D eigenvalue weighted by Crippen LogP contribution is -2.44. The molecule has 2 aliphatic heterocycles. The molecule has 0 amide bonds. The molecule has 2 saturated heterocycles. The quantitative estimate of drug-likeness (QED) is 0.796. The number of hydrogen-bond donors (Lipinski definition) is 2. The fourth-order valence-electron chi connectivity index (χ4n) is 4.16. The first-order valence-electron chi connectivity index (χ1n) is 10.0. The molecule has 0 saturated carbocycles. The van der Waals surface area contributed by atoms with Crippen LogP contribution in [0.15, 0.2) is 30.3 Å². The van der Waals surface area contributed by atoms with Crippen LogP contribution in [0.1, 0.15) is 44.7 Å². The number of nitrogens with one attached hydrogen (secondary N) is 1. The van der Waals surface area contributed by atoms with Gasteiger partial charge in [-0.1, -0.05) is 37.3 Å². The first kappa shape index (κ1) is 18.8. The Hall–Kier alpha value is -0.940. The second-order valence-corrected chi connectivity index (χ2v) is 8.11. The molecule has 0 aliphatic carbocycles. The summed E-state index contributed by atoms with van der Waals surface area (Å²) in [4.78, 5) is 4.97. The highest BCUT2D eigenvalue weighted by Crippen LogP contribution is 2.24. The molecule has 1 aromatic rings. The second-order valence-electron chi connectivity index (χ2n) is 8.11. The molecule has 25 heavy (non-hydrogen) atoms. The third-order valence-electron chi connectivity index (χ3n) is 6.04. The molecule has 2 N–H and O–H groups in total. The first-order chi connectivity index (χ1) is 12.1. The third-order valence-corrected chi connectivity index (χ3v) is 6.04. The summed E-state index contributed by atoms with van der Waals surface area (Å²) in [5, 5.41) is 14.0. The molecule has 0 radical (unpaired) electrons. The van der Waals surface area contributed by atoms with Gasteiger partial charge in [0, 0.05) is 38.3 Å². The van der Waals surface area contributed by atoms with Gasteiger partial charge in [-0.05, 0) is 50.8 Å². The molecule has 0 spiro atoms. The zero-order chi connectivity index (χ0) is 17.6. The molecule has 2 heterocycles. The SMILES string of the molecule is CC1CCN(CC(O)CNC2CCN(C(C)c3ccccc3)C2)CC1. The molecule has 3 atom stereocenters. The minimum absolute atomic E-state index is 0.256. The van der Waals surface area contributed by atoms with E-state index in [0.717, 1.165) is 38.6 Å². The zero-order valence-corrected chi connectivity index (χ0v) is 15.9. The van der Waals surface area contributed by atoms with Crippen molar-refractivity contribution < 1.29 is 5.11 Å². The Morgan fingerprint density at radius 2 is 1.84 bits per heavy atom. The van der Waals surface area contributed by atoms with Crippen molar-refractivity contribution in [2.75, 3.05) is 39.3 Å². The molecule has 1 aromatic carbocycles. The number of rotatable bonds is 7. The molecule has 0 aromatic heterocycles. The number of aliphatic hydroxyl groups is 1. The maximum absolute atomic E-state index is 10.4. The number of likely N-dealkylation sites (tertiary alicyclic amines) is 2. The Kier molecular flexibility index (Phi) is 6.88. The van der Waals surface area contributed by atoms with Gasteiger partial charge < -0.3 is 15.3 Å². The van der Waals surface area contributed by atoms with Crippen LogP contribution >= 0.6 is 0 Å². The fourth-order valence-corrected chi connectivity index (χ4v) is 4.16. The first-order valence-corrected chi connectivity index (χ1v) is 10.0. The van der Waals surface area contributed by atoms with Crippen molar-refractivity contribution in [1.82, 2.24) is 15.1 Å². The highest BCUT2D eigenvalue weighted by molar-refractivity contribution is 5.18. The molecule has 4 nitrogen and oxygen atoms in total. The van der Waals surface area contributed by atoms with E-state index in [1.54, 1.807) is 0 Å². The predicted molar refractivity (Wildman–Crippen MR) is 104 cm³/mol. The van der Waals surface area contributed by atoms with Gasteiger partial charge in [0.15, 0.2) is 0 Å². The van der Waals surface area contributed by atoms with Crippen LogP contribution in [0.2, 0.25) is 0 Å². The van der Waals surface area contributed by atoms with Crippen molar-refractivity contribution in [3.63, 3.8) is 0 Å². The normalized spacial score (nSPS) is 26.0. The highest BCUT2D eigenvalue weighted by Gasteiger charge is 2.27. The summed E-state index contributed by atoms with van der Waals surface area (Å²) in [6, 6.07) is 11.7. The summed E-state index contributed by atoms with van der Waals surface area (Å²) in [6.07, 6.45) is 3.46. The Bertz CT molecular complexity index is 501. The average molecular weight is 346 g/mol. The minimum atomic E-state index is -0.256. The number of nitrogens with zero attached hydrogens (tertiary/aromatic N) is 2. The largest absolute Gasteiger partial charge is 0.390 e. The molecule has 2 aliphatic rings. The van der Waals surface area contributed by atoms with Gasteiger partial charge in [0.25, 0.3) is 0 Å². The van der Waals surface area contributed by atoms with Crippen molar-refractivity contribution in [3.8, 4) is 0 Å². The lowest BCUT2D eigenvalue weighted by Gasteiger charge is -2.32. The van der Waals surface area contributed by atoms with Crippen LogP contribution < -0.4 is 5.32 Å². The van der Waals surface area contributed by atoms with Crippen LogP contribution in [0, 0.1) is 5.92 Å². The number of hydrogen-bond acceptors (Lipinski definition) is 4. The average Bonchev–Trinajstić information content (AvgIpc) is 3.11. The van der Waals surface area contributed by atoms with E-state index in [0.29, 0.717) is 18.6 Å². The van der Waals surface area contributed by atoms with Crippen LogP contribution in [0.5, 0.6) is 0 Å². The summed E-state index contributed by atoms with van der Waals surface area (Å²) in [5.41, 5.74) is 1.39. The van der Waals surface area contributed by atoms with Gasteiger partial charge in [-0.15, -0.1) is 0 Å². The predicted octanol–water partition coefficient (Wildman–Crippen LogP) is 2.50. The van der Waals surface area contributed by atoms with E-state index in [1.807, 2.05) is 0 Å². The number of β-amino-alcohol motifs (C(OH)–C–C–N with tert-alkyl or cyclic N) is 1. The summed E-state index contributed by atoms with van der Waals surface area (Å²) in [6.45, 7) is 10.6. The number of benzene rings is 1. The van der Waals surface area contributed by atoms with Crippen LogP contribution in [-0.4, -0.2) is 66.3 Å². The van der Waals surface area contributed by atoms with E-state index in [1.165, 1.54) is 24.8 Å². The summed E-state index contributed by atoms with van der Waals surface area (Å²) in [7, 11) is 0. The molecular formula is C21H35N3O. The Balaban J connectivity index is 1.37. The van der Waals surface area contributed by atoms with Gasteiger partial charge in [0.1, 0.15) is 0 Å². The van der Waals surface area contributed by atoms with Crippen molar-refractivity contribution in [2.24, 2.45) is 5.92 Å². The number of piperidine rings is 1. The highest BCUT2D eigenvalue weighted by atomic mass is 16.3. The molecule has 3 unspecified atom stereocenters. The summed E-state index contributed by atoms with van der Waals surface area (Å²) < 4.78 is 0. The van der Waals surface area contributed by atoms with Gasteiger partial charge in [-0.25, -0.2) is 0 Å². The molecule has 3 rings (SSSR count). The maximum Gasteiger partial charge on any atom is 0.0791 e.